The number of para-hydroxylation sites is 1. The first-order valence-corrected chi connectivity index (χ1v) is 13.9. The number of fused-ring (bicyclic) bond motifs is 3. The summed E-state index contributed by atoms with van der Waals surface area (Å²) >= 11 is 1.09. The molecule has 4 aromatic rings. The number of thiazole rings is 1. The molecule has 0 spiro atoms. The number of pyridine rings is 2. The number of nitrogens with zero attached hydrogens (tertiary/aromatic N) is 5. The first-order valence-electron chi connectivity index (χ1n) is 13.1. The highest BCUT2D eigenvalue weighted by Crippen LogP contribution is 2.37. The van der Waals surface area contributed by atoms with E-state index in [4.69, 9.17) is 19.4 Å². The van der Waals surface area contributed by atoms with Gasteiger partial charge in [0.2, 0.25) is 5.91 Å². The fourth-order valence-corrected chi connectivity index (χ4v) is 5.55. The molecular weight excluding hydrogens is 561 g/mol. The number of aromatic nitrogens is 3. The van der Waals surface area contributed by atoms with Crippen molar-refractivity contribution in [3.63, 3.8) is 0 Å². The normalized spacial score (nSPS) is 15.6. The van der Waals surface area contributed by atoms with Crippen LogP contribution in [-0.2, 0) is 4.79 Å². The molecular formula is C29H26FN7O4S. The van der Waals surface area contributed by atoms with Crippen LogP contribution < -0.4 is 25.0 Å². The highest BCUT2D eigenvalue weighted by atomic mass is 32.1. The Morgan fingerprint density at radius 3 is 2.86 bits per heavy atom. The Hall–Kier alpha value is -5.04. The summed E-state index contributed by atoms with van der Waals surface area (Å²) in [6.45, 7) is 5.79. The highest BCUT2D eigenvalue weighted by molar-refractivity contribution is 7.17. The molecule has 6 rings (SSSR count). The molecule has 1 fully saturated rings. The minimum Gasteiger partial charge on any atom is -0.493 e. The van der Waals surface area contributed by atoms with Crippen LogP contribution in [0.3, 0.4) is 0 Å². The second-order valence-electron chi connectivity index (χ2n) is 9.53. The van der Waals surface area contributed by atoms with Crippen LogP contribution in [0.1, 0.15) is 9.67 Å². The van der Waals surface area contributed by atoms with Gasteiger partial charge < -0.3 is 29.9 Å². The standard InChI is InChI=1S/C29H26FN7O4S/c1-3-25(38)36-10-11-37-18(15-36)16-41-23-12-17(13-31-27(23)37)20-8-9-22(40-2)26(33-20)35-29-32-14-24(42-29)28(39)34-21-7-5-4-6-19(21)30/h3-9,12-14,18H,1,10-11,15-16H2,2H3,(H,34,39)(H,32,33,35)/t18-/m0/s1. The number of hydrogen-bond acceptors (Lipinski definition) is 10. The lowest BCUT2D eigenvalue weighted by atomic mass is 10.1. The number of piperazine rings is 1. The van der Waals surface area contributed by atoms with E-state index in [9.17, 15) is 14.0 Å². The molecule has 5 heterocycles. The van der Waals surface area contributed by atoms with E-state index in [1.54, 1.807) is 29.3 Å². The molecule has 0 radical (unpaired) electrons. The smallest absolute Gasteiger partial charge is 0.267 e. The summed E-state index contributed by atoms with van der Waals surface area (Å²) in [6, 6.07) is 11.4. The van der Waals surface area contributed by atoms with Crippen molar-refractivity contribution in [1.29, 1.82) is 0 Å². The lowest BCUT2D eigenvalue weighted by molar-refractivity contribution is -0.127. The van der Waals surface area contributed by atoms with E-state index in [1.165, 1.54) is 31.5 Å². The zero-order valence-electron chi connectivity index (χ0n) is 22.5. The molecule has 1 aromatic carbocycles. The maximum absolute atomic E-state index is 13.9. The summed E-state index contributed by atoms with van der Waals surface area (Å²) in [7, 11) is 1.53. The molecule has 0 bridgehead atoms. The van der Waals surface area contributed by atoms with Gasteiger partial charge in [0.25, 0.3) is 5.91 Å². The fraction of sp³-hybridized carbons (Fsp3) is 0.207. The molecule has 11 nitrogen and oxygen atoms in total. The minimum atomic E-state index is -0.524. The average Bonchev–Trinajstić information content (AvgIpc) is 3.49. The topological polar surface area (TPSA) is 122 Å². The van der Waals surface area contributed by atoms with Crippen molar-refractivity contribution in [1.82, 2.24) is 19.9 Å². The Morgan fingerprint density at radius 1 is 1.19 bits per heavy atom. The van der Waals surface area contributed by atoms with Crippen molar-refractivity contribution in [2.45, 2.75) is 6.04 Å². The Balaban J connectivity index is 1.19. The van der Waals surface area contributed by atoms with Gasteiger partial charge in [-0.25, -0.2) is 19.3 Å². The minimum absolute atomic E-state index is 0.0143. The summed E-state index contributed by atoms with van der Waals surface area (Å²) in [4.78, 5) is 42.6. The molecule has 13 heteroatoms. The molecule has 42 heavy (non-hydrogen) atoms. The van der Waals surface area contributed by atoms with Gasteiger partial charge in [-0.2, -0.15) is 0 Å². The fourth-order valence-electron chi connectivity index (χ4n) is 4.84. The first-order chi connectivity index (χ1) is 20.4. The average molecular weight is 588 g/mol. The molecule has 2 aliphatic heterocycles. The molecule has 3 aromatic heterocycles. The number of nitrogens with one attached hydrogen (secondary N) is 2. The van der Waals surface area contributed by atoms with Gasteiger partial charge in [0.15, 0.2) is 28.3 Å². The second-order valence-corrected chi connectivity index (χ2v) is 10.6. The van der Waals surface area contributed by atoms with Crippen molar-refractivity contribution in [3.05, 3.63) is 78.2 Å². The van der Waals surface area contributed by atoms with E-state index in [2.05, 4.69) is 27.1 Å². The third kappa shape index (κ3) is 5.33. The number of halogens is 1. The number of hydrogen-bond donors (Lipinski definition) is 2. The van der Waals surface area contributed by atoms with Gasteiger partial charge in [-0.05, 0) is 36.4 Å². The van der Waals surface area contributed by atoms with Gasteiger partial charge in [0.1, 0.15) is 17.3 Å². The van der Waals surface area contributed by atoms with Gasteiger partial charge in [-0.3, -0.25) is 9.59 Å². The number of carbonyl (C=O) groups excluding carboxylic acids is 2. The van der Waals surface area contributed by atoms with Crippen LogP contribution in [-0.4, -0.2) is 71.1 Å². The predicted octanol–water partition coefficient (Wildman–Crippen LogP) is 4.34. The van der Waals surface area contributed by atoms with Gasteiger partial charge in [0, 0.05) is 31.4 Å². The number of ether oxygens (including phenoxy) is 2. The molecule has 0 unspecified atom stereocenters. The SMILES string of the molecule is C=CC(=O)N1CCN2c3ncc(-c4ccc(OC)c(Nc5ncc(C(=O)Nc6ccccc6F)s5)n4)cc3OC[C@@H]2C1. The summed E-state index contributed by atoms with van der Waals surface area (Å²) in [6.07, 6.45) is 4.48. The van der Waals surface area contributed by atoms with Crippen molar-refractivity contribution in [2.24, 2.45) is 0 Å². The molecule has 2 N–H and O–H groups in total. The van der Waals surface area contributed by atoms with Crippen molar-refractivity contribution in [2.75, 3.05) is 48.9 Å². The van der Waals surface area contributed by atoms with Crippen molar-refractivity contribution >= 4 is 45.6 Å². The molecule has 2 amide bonds. The number of anilines is 4. The molecule has 1 atom stereocenters. The van der Waals surface area contributed by atoms with E-state index in [0.717, 1.165) is 22.7 Å². The number of amides is 2. The maximum atomic E-state index is 13.9. The van der Waals surface area contributed by atoms with Crippen LogP contribution >= 0.6 is 11.3 Å². The van der Waals surface area contributed by atoms with Crippen LogP contribution in [0, 0.1) is 5.82 Å². The van der Waals surface area contributed by atoms with Crippen LogP contribution in [0.4, 0.5) is 26.8 Å². The van der Waals surface area contributed by atoms with Crippen LogP contribution in [0.25, 0.3) is 11.3 Å². The quantitative estimate of drug-likeness (QED) is 0.304. The Labute approximate surface area is 244 Å². The van der Waals surface area contributed by atoms with Gasteiger partial charge in [-0.1, -0.05) is 30.0 Å². The lowest BCUT2D eigenvalue weighted by Crippen LogP contribution is -2.58. The van der Waals surface area contributed by atoms with E-state index >= 15 is 0 Å². The van der Waals surface area contributed by atoms with Crippen molar-refractivity contribution in [3.8, 4) is 22.8 Å². The van der Waals surface area contributed by atoms with Crippen LogP contribution in [0.2, 0.25) is 0 Å². The Kier molecular flexibility index (Phi) is 7.40. The first kappa shape index (κ1) is 27.1. The predicted molar refractivity (Wildman–Crippen MR) is 157 cm³/mol. The monoisotopic (exact) mass is 587 g/mol. The molecule has 0 saturated carbocycles. The Bertz CT molecular complexity index is 1680. The van der Waals surface area contributed by atoms with Gasteiger partial charge in [0.05, 0.1) is 30.7 Å². The number of rotatable bonds is 7. The maximum Gasteiger partial charge on any atom is 0.267 e. The van der Waals surface area contributed by atoms with E-state index in [-0.39, 0.29) is 17.6 Å². The largest absolute Gasteiger partial charge is 0.493 e. The third-order valence-corrected chi connectivity index (χ3v) is 7.87. The van der Waals surface area contributed by atoms with Gasteiger partial charge in [-0.15, -0.1) is 0 Å². The van der Waals surface area contributed by atoms with Crippen molar-refractivity contribution < 1.29 is 23.5 Å². The Morgan fingerprint density at radius 2 is 2.05 bits per heavy atom. The van der Waals surface area contributed by atoms with Crippen LogP contribution in [0.5, 0.6) is 11.5 Å². The molecule has 1 saturated heterocycles. The highest BCUT2D eigenvalue weighted by Gasteiger charge is 2.35. The van der Waals surface area contributed by atoms with E-state index in [0.29, 0.717) is 59.3 Å². The van der Waals surface area contributed by atoms with E-state index in [1.807, 2.05) is 12.1 Å². The molecule has 2 aliphatic rings. The number of benzene rings is 1. The number of methoxy groups -OCH3 is 1. The van der Waals surface area contributed by atoms with Crippen LogP contribution in [0.15, 0.2) is 67.5 Å². The molecule has 0 aliphatic carbocycles. The summed E-state index contributed by atoms with van der Waals surface area (Å²) in [5.41, 5.74) is 1.45. The summed E-state index contributed by atoms with van der Waals surface area (Å²) in [5.74, 6) is 1.16. The zero-order valence-corrected chi connectivity index (χ0v) is 23.4. The van der Waals surface area contributed by atoms with E-state index < -0.39 is 11.7 Å². The third-order valence-electron chi connectivity index (χ3n) is 6.96. The van der Waals surface area contributed by atoms with Gasteiger partial charge >= 0.3 is 0 Å². The molecule has 214 valence electrons. The zero-order chi connectivity index (χ0) is 29.2. The second kappa shape index (κ2) is 11.4. The summed E-state index contributed by atoms with van der Waals surface area (Å²) < 4.78 is 25.5. The lowest BCUT2D eigenvalue weighted by Gasteiger charge is -2.44. The summed E-state index contributed by atoms with van der Waals surface area (Å²) in [5, 5.41) is 6.08. The number of carbonyl (C=O) groups is 2.